The number of anilines is 2. The van der Waals surface area contributed by atoms with Crippen LogP contribution in [0.5, 0.6) is 0 Å². The molecule has 0 atom stereocenters. The van der Waals surface area contributed by atoms with E-state index in [1.54, 1.807) is 0 Å². The number of nitrogens with one attached hydrogen (secondary N) is 2. The highest BCUT2D eigenvalue weighted by atomic mass is 32.2. The molecule has 0 unspecified atom stereocenters. The Labute approximate surface area is 166 Å². The molecule has 0 radical (unpaired) electrons. The van der Waals surface area contributed by atoms with Gasteiger partial charge in [0.05, 0.1) is 11.0 Å². The maximum atomic E-state index is 12.4. The van der Waals surface area contributed by atoms with E-state index in [0.29, 0.717) is 11.3 Å². The smallest absolute Gasteiger partial charge is 0.255 e. The lowest BCUT2D eigenvalue weighted by Gasteiger charge is -2.21. The monoisotopic (exact) mass is 400 g/mol. The summed E-state index contributed by atoms with van der Waals surface area (Å²) in [7, 11) is -3.69. The lowest BCUT2D eigenvalue weighted by atomic mass is 10.2. The standard InChI is InChI=1S/C20H24N4O3S/c1-3-24(4-2)18-10-8-17(9-11-18)23-20(25)16-6-12-19(13-7-16)28(26,27)22-15-5-14-21/h6-13,22H,3-5,15H2,1-2H3,(H,23,25). The van der Waals surface area contributed by atoms with Gasteiger partial charge in [-0.15, -0.1) is 0 Å². The Morgan fingerprint density at radius 1 is 1.04 bits per heavy atom. The molecule has 2 aromatic carbocycles. The van der Waals surface area contributed by atoms with Crippen LogP contribution in [0.1, 0.15) is 30.6 Å². The highest BCUT2D eigenvalue weighted by Crippen LogP contribution is 2.19. The third kappa shape index (κ3) is 5.55. The average molecular weight is 401 g/mol. The van der Waals surface area contributed by atoms with Crippen LogP contribution in [-0.4, -0.2) is 34.0 Å². The van der Waals surface area contributed by atoms with Gasteiger partial charge in [0.2, 0.25) is 10.0 Å². The van der Waals surface area contributed by atoms with Crippen LogP contribution in [0, 0.1) is 11.3 Å². The molecule has 2 aromatic rings. The van der Waals surface area contributed by atoms with E-state index in [4.69, 9.17) is 5.26 Å². The molecule has 1 amide bonds. The quantitative estimate of drug-likeness (QED) is 0.630. The third-order valence-electron chi connectivity index (χ3n) is 4.21. The van der Waals surface area contributed by atoms with Crippen molar-refractivity contribution in [1.29, 1.82) is 5.26 Å². The SMILES string of the molecule is CCN(CC)c1ccc(NC(=O)c2ccc(S(=O)(=O)NCCC#N)cc2)cc1. The van der Waals surface area contributed by atoms with Crippen LogP contribution in [0.2, 0.25) is 0 Å². The maximum absolute atomic E-state index is 12.4. The number of sulfonamides is 1. The minimum absolute atomic E-state index is 0.0462. The van der Waals surface area contributed by atoms with E-state index in [1.165, 1.54) is 24.3 Å². The minimum Gasteiger partial charge on any atom is -0.372 e. The number of nitriles is 1. The number of carbonyl (C=O) groups is 1. The van der Waals surface area contributed by atoms with E-state index >= 15 is 0 Å². The summed E-state index contributed by atoms with van der Waals surface area (Å²) in [6.07, 6.45) is 0.0901. The molecule has 0 aliphatic rings. The van der Waals surface area contributed by atoms with Crippen molar-refractivity contribution in [3.63, 3.8) is 0 Å². The van der Waals surface area contributed by atoms with Crippen LogP contribution in [-0.2, 0) is 10.0 Å². The zero-order chi connectivity index (χ0) is 20.6. The number of benzene rings is 2. The summed E-state index contributed by atoms with van der Waals surface area (Å²) >= 11 is 0. The normalized spacial score (nSPS) is 10.9. The second kappa shape index (κ2) is 9.88. The molecule has 2 N–H and O–H groups in total. The first-order valence-electron chi connectivity index (χ1n) is 9.04. The van der Waals surface area contributed by atoms with Gasteiger partial charge >= 0.3 is 0 Å². The van der Waals surface area contributed by atoms with Crippen molar-refractivity contribution in [3.05, 3.63) is 54.1 Å². The van der Waals surface area contributed by atoms with E-state index in [2.05, 4.69) is 28.8 Å². The predicted molar refractivity (Wildman–Crippen MR) is 110 cm³/mol. The van der Waals surface area contributed by atoms with Gasteiger partial charge in [-0.05, 0) is 62.4 Å². The van der Waals surface area contributed by atoms with Gasteiger partial charge in [0.1, 0.15) is 0 Å². The summed E-state index contributed by atoms with van der Waals surface area (Å²) in [5.74, 6) is -0.322. The topological polar surface area (TPSA) is 102 Å². The summed E-state index contributed by atoms with van der Waals surface area (Å²) in [5.41, 5.74) is 2.10. The van der Waals surface area contributed by atoms with Crippen LogP contribution in [0.4, 0.5) is 11.4 Å². The Morgan fingerprint density at radius 3 is 2.18 bits per heavy atom. The molecule has 0 aliphatic heterocycles. The van der Waals surface area contributed by atoms with E-state index in [1.807, 2.05) is 30.3 Å². The van der Waals surface area contributed by atoms with E-state index < -0.39 is 10.0 Å². The molecule has 7 nitrogen and oxygen atoms in total. The Morgan fingerprint density at radius 2 is 1.64 bits per heavy atom. The molecule has 28 heavy (non-hydrogen) atoms. The Kier molecular flexibility index (Phi) is 7.55. The molecular weight excluding hydrogens is 376 g/mol. The van der Waals surface area contributed by atoms with Crippen LogP contribution < -0.4 is 14.9 Å². The Balaban J connectivity index is 2.04. The summed E-state index contributed by atoms with van der Waals surface area (Å²) in [6, 6.07) is 15.1. The molecule has 8 heteroatoms. The molecule has 0 saturated carbocycles. The first kappa shape index (κ1) is 21.4. The van der Waals surface area contributed by atoms with Gasteiger partial charge in [0, 0.05) is 43.0 Å². The van der Waals surface area contributed by atoms with Crippen molar-refractivity contribution < 1.29 is 13.2 Å². The van der Waals surface area contributed by atoms with E-state index in [-0.39, 0.29) is 23.8 Å². The second-order valence-corrected chi connectivity index (χ2v) is 7.77. The molecule has 0 spiro atoms. The molecule has 2 rings (SSSR count). The first-order valence-corrected chi connectivity index (χ1v) is 10.5. The van der Waals surface area contributed by atoms with Gasteiger partial charge in [-0.2, -0.15) is 5.26 Å². The number of amides is 1. The number of hydrogen-bond donors (Lipinski definition) is 2. The average Bonchev–Trinajstić information content (AvgIpc) is 2.70. The third-order valence-corrected chi connectivity index (χ3v) is 5.69. The zero-order valence-corrected chi connectivity index (χ0v) is 16.8. The van der Waals surface area contributed by atoms with Crippen LogP contribution >= 0.6 is 0 Å². The fraction of sp³-hybridized carbons (Fsp3) is 0.300. The lowest BCUT2D eigenvalue weighted by Crippen LogP contribution is -2.24. The van der Waals surface area contributed by atoms with Gasteiger partial charge in [0.25, 0.3) is 5.91 Å². The molecule has 0 aromatic heterocycles. The maximum Gasteiger partial charge on any atom is 0.255 e. The van der Waals surface area contributed by atoms with Crippen molar-refractivity contribution in [1.82, 2.24) is 4.72 Å². The number of rotatable bonds is 9. The van der Waals surface area contributed by atoms with Gasteiger partial charge in [-0.3, -0.25) is 4.79 Å². The van der Waals surface area contributed by atoms with Crippen LogP contribution in [0.15, 0.2) is 53.4 Å². The first-order chi connectivity index (χ1) is 13.4. The van der Waals surface area contributed by atoms with E-state index in [9.17, 15) is 13.2 Å². The lowest BCUT2D eigenvalue weighted by molar-refractivity contribution is 0.102. The Bertz CT molecular complexity index is 929. The summed E-state index contributed by atoms with van der Waals surface area (Å²) in [6.45, 7) is 6.03. The fourth-order valence-electron chi connectivity index (χ4n) is 2.66. The van der Waals surface area contributed by atoms with Gasteiger partial charge in [-0.25, -0.2) is 13.1 Å². The van der Waals surface area contributed by atoms with Gasteiger partial charge in [-0.1, -0.05) is 0 Å². The van der Waals surface area contributed by atoms with Crippen molar-refractivity contribution in [3.8, 4) is 6.07 Å². The number of carbonyl (C=O) groups excluding carboxylic acids is 1. The summed E-state index contributed by atoms with van der Waals surface area (Å²) in [5, 5.41) is 11.3. The van der Waals surface area contributed by atoms with Crippen LogP contribution in [0.3, 0.4) is 0 Å². The molecule has 0 saturated heterocycles. The number of hydrogen-bond acceptors (Lipinski definition) is 5. The van der Waals surface area contributed by atoms with Crippen molar-refractivity contribution in [2.75, 3.05) is 29.9 Å². The molecule has 0 heterocycles. The van der Waals surface area contributed by atoms with Crippen molar-refractivity contribution >= 4 is 27.3 Å². The predicted octanol–water partition coefficient (Wildman–Crippen LogP) is 2.98. The highest BCUT2D eigenvalue weighted by molar-refractivity contribution is 7.89. The van der Waals surface area contributed by atoms with Crippen molar-refractivity contribution in [2.24, 2.45) is 0 Å². The molecule has 0 aliphatic carbocycles. The van der Waals surface area contributed by atoms with Gasteiger partial charge in [0.15, 0.2) is 0 Å². The Hall–Kier alpha value is -2.89. The molecule has 0 bridgehead atoms. The largest absolute Gasteiger partial charge is 0.372 e. The van der Waals surface area contributed by atoms with Gasteiger partial charge < -0.3 is 10.2 Å². The highest BCUT2D eigenvalue weighted by Gasteiger charge is 2.14. The molecule has 148 valence electrons. The second-order valence-electron chi connectivity index (χ2n) is 6.00. The molecular formula is C20H24N4O3S. The zero-order valence-electron chi connectivity index (χ0n) is 16.0. The summed E-state index contributed by atoms with van der Waals surface area (Å²) in [4.78, 5) is 14.6. The number of nitrogens with zero attached hydrogens (tertiary/aromatic N) is 2. The molecule has 0 fully saturated rings. The van der Waals surface area contributed by atoms with Crippen LogP contribution in [0.25, 0.3) is 0 Å². The van der Waals surface area contributed by atoms with Crippen molar-refractivity contribution in [2.45, 2.75) is 25.2 Å². The minimum atomic E-state index is -3.69. The fourth-order valence-corrected chi connectivity index (χ4v) is 3.69. The van der Waals surface area contributed by atoms with E-state index in [0.717, 1.165) is 18.8 Å². The summed E-state index contributed by atoms with van der Waals surface area (Å²) < 4.78 is 26.5.